The summed E-state index contributed by atoms with van der Waals surface area (Å²) < 4.78 is 26.4. The van der Waals surface area contributed by atoms with Crippen LogP contribution in [-0.2, 0) is 12.8 Å². The molecule has 2 rings (SSSR count). The minimum Gasteiger partial charge on any atom is -0.271 e. The van der Waals surface area contributed by atoms with Gasteiger partial charge in [-0.1, -0.05) is 31.2 Å². The van der Waals surface area contributed by atoms with E-state index in [1.54, 1.807) is 0 Å². The molecular weight excluding hydrogens is 258 g/mol. The second-order valence-corrected chi connectivity index (χ2v) is 4.80. The average Bonchev–Trinajstić information content (AvgIpc) is 2.44. The Morgan fingerprint density at radius 3 is 2.35 bits per heavy atom. The van der Waals surface area contributed by atoms with Gasteiger partial charge in [0, 0.05) is 12.1 Å². The second kappa shape index (κ2) is 6.59. The number of hydrogen-bond donors (Lipinski definition) is 2. The molecule has 0 spiro atoms. The molecule has 0 fully saturated rings. The Bertz CT molecular complexity index is 564. The number of aryl methyl sites for hydroxylation is 1. The van der Waals surface area contributed by atoms with Crippen LogP contribution in [0.5, 0.6) is 0 Å². The van der Waals surface area contributed by atoms with E-state index in [2.05, 4.69) is 18.4 Å². The molecule has 0 bridgehead atoms. The fraction of sp³-hybridized carbons (Fsp3) is 0.250. The number of rotatable bonds is 5. The van der Waals surface area contributed by atoms with E-state index in [9.17, 15) is 8.78 Å². The maximum atomic E-state index is 13.2. The third-order valence-electron chi connectivity index (χ3n) is 3.33. The molecule has 0 saturated carbocycles. The lowest BCUT2D eigenvalue weighted by Crippen LogP contribution is -2.29. The molecule has 20 heavy (non-hydrogen) atoms. The van der Waals surface area contributed by atoms with E-state index in [0.717, 1.165) is 18.1 Å². The summed E-state index contributed by atoms with van der Waals surface area (Å²) in [6, 6.07) is 11.4. The van der Waals surface area contributed by atoms with Crippen LogP contribution in [0.1, 0.15) is 29.7 Å². The van der Waals surface area contributed by atoms with Gasteiger partial charge in [0.25, 0.3) is 0 Å². The molecule has 0 saturated heterocycles. The van der Waals surface area contributed by atoms with Gasteiger partial charge >= 0.3 is 0 Å². The van der Waals surface area contributed by atoms with Crippen LogP contribution >= 0.6 is 0 Å². The van der Waals surface area contributed by atoms with Gasteiger partial charge in [-0.3, -0.25) is 11.3 Å². The summed E-state index contributed by atoms with van der Waals surface area (Å²) in [7, 11) is 0. The Morgan fingerprint density at radius 2 is 1.75 bits per heavy atom. The van der Waals surface area contributed by atoms with Gasteiger partial charge in [0.15, 0.2) is 0 Å². The lowest BCUT2D eigenvalue weighted by Gasteiger charge is -2.17. The molecule has 0 aromatic heterocycles. The molecular formula is C16H18F2N2. The Kier molecular flexibility index (Phi) is 4.82. The second-order valence-electron chi connectivity index (χ2n) is 4.80. The van der Waals surface area contributed by atoms with Crippen molar-refractivity contribution in [2.24, 2.45) is 5.84 Å². The average molecular weight is 276 g/mol. The summed E-state index contributed by atoms with van der Waals surface area (Å²) >= 11 is 0. The van der Waals surface area contributed by atoms with Crippen molar-refractivity contribution in [3.05, 3.63) is 70.8 Å². The van der Waals surface area contributed by atoms with Crippen molar-refractivity contribution in [1.29, 1.82) is 0 Å². The molecule has 2 aromatic carbocycles. The maximum Gasteiger partial charge on any atom is 0.126 e. The summed E-state index contributed by atoms with van der Waals surface area (Å²) in [5.41, 5.74) is 5.50. The molecule has 1 unspecified atom stereocenters. The van der Waals surface area contributed by atoms with Crippen LogP contribution in [0.4, 0.5) is 8.78 Å². The van der Waals surface area contributed by atoms with Gasteiger partial charge in [0.2, 0.25) is 0 Å². The Morgan fingerprint density at radius 1 is 1.05 bits per heavy atom. The fourth-order valence-corrected chi connectivity index (χ4v) is 2.27. The molecule has 0 radical (unpaired) electrons. The first kappa shape index (κ1) is 14.6. The quantitative estimate of drug-likeness (QED) is 0.649. The van der Waals surface area contributed by atoms with Crippen molar-refractivity contribution in [2.75, 3.05) is 0 Å². The SMILES string of the molecule is CCc1cccc(C(Cc2cc(F)cc(F)c2)NN)c1. The van der Waals surface area contributed by atoms with Crippen LogP contribution in [0, 0.1) is 11.6 Å². The Labute approximate surface area is 117 Å². The van der Waals surface area contributed by atoms with E-state index in [4.69, 9.17) is 5.84 Å². The largest absolute Gasteiger partial charge is 0.271 e. The van der Waals surface area contributed by atoms with E-state index in [0.29, 0.717) is 12.0 Å². The van der Waals surface area contributed by atoms with E-state index >= 15 is 0 Å². The first-order valence-electron chi connectivity index (χ1n) is 6.62. The Hall–Kier alpha value is -1.78. The summed E-state index contributed by atoms with van der Waals surface area (Å²) in [5, 5.41) is 0. The third kappa shape index (κ3) is 3.62. The van der Waals surface area contributed by atoms with Gasteiger partial charge in [-0.05, 0) is 41.7 Å². The number of nitrogens with one attached hydrogen (secondary N) is 1. The topological polar surface area (TPSA) is 38.0 Å². The van der Waals surface area contributed by atoms with Gasteiger partial charge in [-0.25, -0.2) is 8.78 Å². The van der Waals surface area contributed by atoms with E-state index < -0.39 is 11.6 Å². The number of benzene rings is 2. The van der Waals surface area contributed by atoms with Crippen molar-refractivity contribution in [3.8, 4) is 0 Å². The zero-order valence-corrected chi connectivity index (χ0v) is 11.4. The molecule has 0 aliphatic rings. The van der Waals surface area contributed by atoms with E-state index in [1.165, 1.54) is 17.7 Å². The highest BCUT2D eigenvalue weighted by atomic mass is 19.1. The van der Waals surface area contributed by atoms with Gasteiger partial charge in [-0.2, -0.15) is 0 Å². The van der Waals surface area contributed by atoms with E-state index in [1.807, 2.05) is 18.2 Å². The van der Waals surface area contributed by atoms with Gasteiger partial charge in [0.05, 0.1) is 0 Å². The van der Waals surface area contributed by atoms with Crippen LogP contribution in [0.2, 0.25) is 0 Å². The summed E-state index contributed by atoms with van der Waals surface area (Å²) in [6.45, 7) is 2.08. The molecule has 0 heterocycles. The minimum absolute atomic E-state index is 0.178. The monoisotopic (exact) mass is 276 g/mol. The van der Waals surface area contributed by atoms with Crippen LogP contribution in [0.25, 0.3) is 0 Å². The van der Waals surface area contributed by atoms with Gasteiger partial charge < -0.3 is 0 Å². The van der Waals surface area contributed by atoms with Crippen molar-refractivity contribution >= 4 is 0 Å². The summed E-state index contributed by atoms with van der Waals surface area (Å²) in [5.74, 6) is 4.44. The zero-order valence-electron chi connectivity index (χ0n) is 11.4. The summed E-state index contributed by atoms with van der Waals surface area (Å²) in [4.78, 5) is 0. The predicted octanol–water partition coefficient (Wildman–Crippen LogP) is 3.27. The van der Waals surface area contributed by atoms with Crippen molar-refractivity contribution in [3.63, 3.8) is 0 Å². The van der Waals surface area contributed by atoms with Gasteiger partial charge in [0.1, 0.15) is 11.6 Å². The van der Waals surface area contributed by atoms with Crippen LogP contribution in [0.3, 0.4) is 0 Å². The normalized spacial score (nSPS) is 12.4. The van der Waals surface area contributed by atoms with E-state index in [-0.39, 0.29) is 6.04 Å². The van der Waals surface area contributed by atoms with Crippen LogP contribution in [0.15, 0.2) is 42.5 Å². The van der Waals surface area contributed by atoms with Crippen molar-refractivity contribution in [2.45, 2.75) is 25.8 Å². The Balaban J connectivity index is 2.23. The molecule has 106 valence electrons. The standard InChI is InChI=1S/C16H18F2N2/c1-2-11-4-3-5-13(6-11)16(20-19)9-12-7-14(17)10-15(18)8-12/h3-8,10,16,20H,2,9,19H2,1H3. The third-order valence-corrected chi connectivity index (χ3v) is 3.33. The molecule has 0 amide bonds. The molecule has 3 N–H and O–H groups in total. The number of hydrazine groups is 1. The van der Waals surface area contributed by atoms with Crippen LogP contribution in [-0.4, -0.2) is 0 Å². The number of nitrogens with two attached hydrogens (primary N) is 1. The van der Waals surface area contributed by atoms with Gasteiger partial charge in [-0.15, -0.1) is 0 Å². The zero-order chi connectivity index (χ0) is 14.5. The molecule has 2 nitrogen and oxygen atoms in total. The molecule has 1 atom stereocenters. The number of halogens is 2. The highest BCUT2D eigenvalue weighted by molar-refractivity contribution is 5.28. The predicted molar refractivity (Wildman–Crippen MR) is 75.9 cm³/mol. The van der Waals surface area contributed by atoms with Crippen LogP contribution < -0.4 is 11.3 Å². The van der Waals surface area contributed by atoms with Crippen molar-refractivity contribution < 1.29 is 8.78 Å². The minimum atomic E-state index is -0.571. The molecule has 0 aliphatic heterocycles. The maximum absolute atomic E-state index is 13.2. The smallest absolute Gasteiger partial charge is 0.126 e. The van der Waals surface area contributed by atoms with Crippen molar-refractivity contribution in [1.82, 2.24) is 5.43 Å². The lowest BCUT2D eigenvalue weighted by atomic mass is 9.97. The fourth-order valence-electron chi connectivity index (χ4n) is 2.27. The lowest BCUT2D eigenvalue weighted by molar-refractivity contribution is 0.540. The molecule has 2 aromatic rings. The first-order valence-corrected chi connectivity index (χ1v) is 6.62. The number of hydrogen-bond acceptors (Lipinski definition) is 2. The highest BCUT2D eigenvalue weighted by Crippen LogP contribution is 2.20. The molecule has 4 heteroatoms. The first-order chi connectivity index (χ1) is 9.62. The highest BCUT2D eigenvalue weighted by Gasteiger charge is 2.12. The summed E-state index contributed by atoms with van der Waals surface area (Å²) in [6.07, 6.45) is 1.36. The molecule has 0 aliphatic carbocycles.